The van der Waals surface area contributed by atoms with Crippen molar-refractivity contribution in [2.75, 3.05) is 6.61 Å². The van der Waals surface area contributed by atoms with E-state index in [1.54, 1.807) is 6.20 Å². The highest BCUT2D eigenvalue weighted by Crippen LogP contribution is 2.07. The Kier molecular flexibility index (Phi) is 5.01. The largest absolute Gasteiger partial charge is 0.389 e. The average molecular weight is 272 g/mol. The van der Waals surface area contributed by atoms with E-state index in [0.717, 1.165) is 23.2 Å². The van der Waals surface area contributed by atoms with Crippen LogP contribution in [0.25, 0.3) is 0 Å². The Morgan fingerprint density at radius 3 is 2.84 bits per heavy atom. The molecule has 0 fully saturated rings. The van der Waals surface area contributed by atoms with Crippen molar-refractivity contribution in [3.8, 4) is 0 Å². The molecule has 1 aromatic heterocycles. The van der Waals surface area contributed by atoms with E-state index in [9.17, 15) is 0 Å². The van der Waals surface area contributed by atoms with Gasteiger partial charge in [-0.1, -0.05) is 36.5 Å². The van der Waals surface area contributed by atoms with Crippen molar-refractivity contribution < 1.29 is 4.74 Å². The van der Waals surface area contributed by atoms with Crippen LogP contribution in [-0.2, 0) is 17.8 Å². The highest BCUT2D eigenvalue weighted by atomic mass is 32.1. The fourth-order valence-electron chi connectivity index (χ4n) is 1.73. The van der Waals surface area contributed by atoms with Gasteiger partial charge in [0.1, 0.15) is 4.99 Å². The summed E-state index contributed by atoms with van der Waals surface area (Å²) in [4.78, 5) is 4.66. The lowest BCUT2D eigenvalue weighted by Crippen LogP contribution is -2.09. The Morgan fingerprint density at radius 1 is 1.21 bits per heavy atom. The molecule has 0 bridgehead atoms. The molecule has 98 valence electrons. The number of hydrogen-bond donors (Lipinski definition) is 1. The van der Waals surface area contributed by atoms with Crippen molar-refractivity contribution in [2.24, 2.45) is 5.73 Å². The Balaban J connectivity index is 1.80. The minimum Gasteiger partial charge on any atom is -0.389 e. The van der Waals surface area contributed by atoms with Crippen LogP contribution in [0, 0.1) is 0 Å². The van der Waals surface area contributed by atoms with Crippen LogP contribution in [0.3, 0.4) is 0 Å². The number of aromatic nitrogens is 1. The molecule has 0 unspecified atom stereocenters. The number of nitrogens with two attached hydrogens (primary N) is 1. The fourth-order valence-corrected chi connectivity index (χ4v) is 1.85. The average Bonchev–Trinajstić information content (AvgIpc) is 2.45. The van der Waals surface area contributed by atoms with E-state index in [2.05, 4.69) is 4.98 Å². The molecule has 0 aliphatic heterocycles. The van der Waals surface area contributed by atoms with E-state index in [0.29, 0.717) is 18.2 Å². The third-order valence-corrected chi connectivity index (χ3v) is 2.94. The van der Waals surface area contributed by atoms with Crippen molar-refractivity contribution >= 4 is 17.2 Å². The molecular weight excluding hydrogens is 256 g/mol. The van der Waals surface area contributed by atoms with Crippen LogP contribution in [0.1, 0.15) is 16.8 Å². The predicted molar refractivity (Wildman–Crippen MR) is 79.9 cm³/mol. The highest BCUT2D eigenvalue weighted by Gasteiger charge is 1.99. The molecule has 0 aliphatic rings. The molecule has 1 heterocycles. The molecule has 3 nitrogen and oxygen atoms in total. The number of nitrogens with zero attached hydrogens (tertiary/aromatic N) is 1. The topological polar surface area (TPSA) is 48.1 Å². The minimum atomic E-state index is 0.412. The van der Waals surface area contributed by atoms with Gasteiger partial charge in [0.05, 0.1) is 13.2 Å². The van der Waals surface area contributed by atoms with E-state index in [-0.39, 0.29) is 0 Å². The zero-order chi connectivity index (χ0) is 13.5. The van der Waals surface area contributed by atoms with Gasteiger partial charge in [0, 0.05) is 23.9 Å². The Hall–Kier alpha value is -1.78. The van der Waals surface area contributed by atoms with Gasteiger partial charge in [0.2, 0.25) is 0 Å². The van der Waals surface area contributed by atoms with Crippen LogP contribution in [0.2, 0.25) is 0 Å². The number of pyridine rings is 1. The number of hydrogen-bond acceptors (Lipinski definition) is 3. The second kappa shape index (κ2) is 6.97. The van der Waals surface area contributed by atoms with Gasteiger partial charge in [0.25, 0.3) is 0 Å². The van der Waals surface area contributed by atoms with E-state index in [4.69, 9.17) is 22.7 Å². The monoisotopic (exact) mass is 272 g/mol. The van der Waals surface area contributed by atoms with Gasteiger partial charge < -0.3 is 10.5 Å². The van der Waals surface area contributed by atoms with Gasteiger partial charge in [-0.3, -0.25) is 4.98 Å². The van der Waals surface area contributed by atoms with Gasteiger partial charge in [-0.2, -0.15) is 0 Å². The van der Waals surface area contributed by atoms with Gasteiger partial charge in [0.15, 0.2) is 0 Å². The Labute approximate surface area is 118 Å². The standard InChI is InChI=1S/C15H16N2OS/c16-15(19)13-5-3-4-12(10-13)11-18-9-7-14-6-1-2-8-17-14/h1-6,8,10H,7,9,11H2,(H2,16,19). The zero-order valence-electron chi connectivity index (χ0n) is 10.6. The predicted octanol–water partition coefficient (Wildman–Crippen LogP) is 2.48. The molecule has 0 amide bonds. The maximum Gasteiger partial charge on any atom is 0.103 e. The number of rotatable bonds is 6. The maximum atomic E-state index is 5.63. The minimum absolute atomic E-state index is 0.412. The van der Waals surface area contributed by atoms with Crippen LogP contribution in [0.5, 0.6) is 0 Å². The van der Waals surface area contributed by atoms with E-state index in [1.165, 1.54) is 0 Å². The molecule has 4 heteroatoms. The molecular formula is C15H16N2OS. The molecule has 1 aromatic carbocycles. The molecule has 0 saturated heterocycles. The summed E-state index contributed by atoms with van der Waals surface area (Å²) in [6.07, 6.45) is 2.61. The summed E-state index contributed by atoms with van der Waals surface area (Å²) >= 11 is 4.95. The lowest BCUT2D eigenvalue weighted by atomic mass is 10.1. The molecule has 0 saturated carbocycles. The van der Waals surface area contributed by atoms with Crippen molar-refractivity contribution in [2.45, 2.75) is 13.0 Å². The molecule has 0 radical (unpaired) electrons. The SMILES string of the molecule is NC(=S)c1cccc(COCCc2ccccn2)c1. The van der Waals surface area contributed by atoms with E-state index >= 15 is 0 Å². The smallest absolute Gasteiger partial charge is 0.103 e. The third-order valence-electron chi connectivity index (χ3n) is 2.71. The number of thiocarbonyl (C=S) groups is 1. The second-order valence-corrected chi connectivity index (χ2v) is 4.63. The van der Waals surface area contributed by atoms with Crippen LogP contribution in [0.4, 0.5) is 0 Å². The third kappa shape index (κ3) is 4.43. The Morgan fingerprint density at radius 2 is 2.11 bits per heavy atom. The summed E-state index contributed by atoms with van der Waals surface area (Å²) < 4.78 is 5.63. The molecule has 2 aromatic rings. The molecule has 0 spiro atoms. The summed E-state index contributed by atoms with van der Waals surface area (Å²) in [6, 6.07) is 13.7. The molecule has 2 rings (SSSR count). The lowest BCUT2D eigenvalue weighted by molar-refractivity contribution is 0.123. The first-order chi connectivity index (χ1) is 9.25. The number of ether oxygens (including phenoxy) is 1. The van der Waals surface area contributed by atoms with E-state index in [1.807, 2.05) is 42.5 Å². The maximum absolute atomic E-state index is 5.63. The van der Waals surface area contributed by atoms with Gasteiger partial charge in [-0.15, -0.1) is 0 Å². The molecule has 0 aliphatic carbocycles. The first-order valence-corrected chi connectivity index (χ1v) is 6.53. The van der Waals surface area contributed by atoms with Crippen molar-refractivity contribution in [3.63, 3.8) is 0 Å². The molecule has 19 heavy (non-hydrogen) atoms. The first kappa shape index (κ1) is 13.6. The normalized spacial score (nSPS) is 10.3. The summed E-state index contributed by atoms with van der Waals surface area (Å²) in [5.41, 5.74) is 8.59. The highest BCUT2D eigenvalue weighted by molar-refractivity contribution is 7.80. The Bertz CT molecular complexity index is 543. The molecule has 2 N–H and O–H groups in total. The number of benzene rings is 1. The van der Waals surface area contributed by atoms with Crippen molar-refractivity contribution in [1.29, 1.82) is 0 Å². The van der Waals surface area contributed by atoms with Crippen LogP contribution >= 0.6 is 12.2 Å². The first-order valence-electron chi connectivity index (χ1n) is 6.12. The van der Waals surface area contributed by atoms with Crippen LogP contribution in [0.15, 0.2) is 48.7 Å². The quantitative estimate of drug-likeness (QED) is 0.648. The van der Waals surface area contributed by atoms with Crippen LogP contribution < -0.4 is 5.73 Å². The summed E-state index contributed by atoms with van der Waals surface area (Å²) in [5.74, 6) is 0. The van der Waals surface area contributed by atoms with Gasteiger partial charge in [-0.25, -0.2) is 0 Å². The van der Waals surface area contributed by atoms with Crippen molar-refractivity contribution in [3.05, 3.63) is 65.5 Å². The zero-order valence-corrected chi connectivity index (χ0v) is 11.4. The summed E-state index contributed by atoms with van der Waals surface area (Å²) in [7, 11) is 0. The van der Waals surface area contributed by atoms with Crippen molar-refractivity contribution in [1.82, 2.24) is 4.98 Å². The second-order valence-electron chi connectivity index (χ2n) is 4.19. The summed E-state index contributed by atoms with van der Waals surface area (Å²) in [5, 5.41) is 0. The van der Waals surface area contributed by atoms with Gasteiger partial charge in [-0.05, 0) is 23.8 Å². The summed E-state index contributed by atoms with van der Waals surface area (Å²) in [6.45, 7) is 1.21. The fraction of sp³-hybridized carbons (Fsp3) is 0.200. The van der Waals surface area contributed by atoms with E-state index < -0.39 is 0 Å². The lowest BCUT2D eigenvalue weighted by Gasteiger charge is -2.06. The van der Waals surface area contributed by atoms with Crippen LogP contribution in [-0.4, -0.2) is 16.6 Å². The molecule has 0 atom stereocenters. The van der Waals surface area contributed by atoms with Gasteiger partial charge >= 0.3 is 0 Å².